The summed E-state index contributed by atoms with van der Waals surface area (Å²) in [6, 6.07) is 9.89. The van der Waals surface area contributed by atoms with E-state index in [0.29, 0.717) is 6.04 Å². The summed E-state index contributed by atoms with van der Waals surface area (Å²) in [4.78, 5) is 7.60. The molecule has 0 N–H and O–H groups in total. The highest BCUT2D eigenvalue weighted by Crippen LogP contribution is 2.28. The Hall–Kier alpha value is -2.16. The zero-order valence-corrected chi connectivity index (χ0v) is 18.4. The number of sulfonamides is 1. The average Bonchev–Trinajstić information content (AvgIpc) is 3.29. The first-order valence-corrected chi connectivity index (χ1v) is 11.6. The van der Waals surface area contributed by atoms with E-state index in [4.69, 9.17) is 4.98 Å². The quantitative estimate of drug-likeness (QED) is 0.621. The molecule has 3 heterocycles. The van der Waals surface area contributed by atoms with Crippen molar-refractivity contribution in [2.75, 3.05) is 20.6 Å². The molecule has 0 radical (unpaired) electrons. The third kappa shape index (κ3) is 3.49. The van der Waals surface area contributed by atoms with Gasteiger partial charge in [-0.05, 0) is 43.7 Å². The van der Waals surface area contributed by atoms with Crippen LogP contribution in [0.1, 0.15) is 37.8 Å². The summed E-state index contributed by atoms with van der Waals surface area (Å²) in [6.07, 6.45) is 3.14. The van der Waals surface area contributed by atoms with Gasteiger partial charge < -0.3 is 9.13 Å². The van der Waals surface area contributed by atoms with E-state index in [2.05, 4.69) is 46.2 Å². The molecule has 0 fully saturated rings. The normalized spacial score (nSPS) is 17.9. The molecule has 1 aliphatic rings. The predicted molar refractivity (Wildman–Crippen MR) is 114 cm³/mol. The summed E-state index contributed by atoms with van der Waals surface area (Å²) < 4.78 is 30.8. The fourth-order valence-electron chi connectivity index (χ4n) is 4.15. The van der Waals surface area contributed by atoms with E-state index >= 15 is 0 Å². The highest BCUT2D eigenvalue weighted by molar-refractivity contribution is 7.89. The topological polar surface area (TPSA) is 63.4 Å². The fourth-order valence-corrected chi connectivity index (χ4v) is 5.07. The van der Waals surface area contributed by atoms with Crippen LogP contribution >= 0.6 is 0 Å². The first-order valence-electron chi connectivity index (χ1n) is 10.1. The van der Waals surface area contributed by atoms with Crippen LogP contribution in [0.3, 0.4) is 0 Å². The summed E-state index contributed by atoms with van der Waals surface area (Å²) in [5, 5.41) is 0. The van der Waals surface area contributed by atoms with Crippen molar-refractivity contribution in [2.24, 2.45) is 0 Å². The number of nitrogens with zero attached hydrogens (tertiary/aromatic N) is 5. The first-order chi connectivity index (χ1) is 13.8. The van der Waals surface area contributed by atoms with E-state index in [9.17, 15) is 8.42 Å². The van der Waals surface area contributed by atoms with Gasteiger partial charge >= 0.3 is 0 Å². The molecule has 0 bridgehead atoms. The molecule has 0 saturated carbocycles. The maximum Gasteiger partial charge on any atom is 0.242 e. The van der Waals surface area contributed by atoms with Crippen LogP contribution in [0, 0.1) is 0 Å². The van der Waals surface area contributed by atoms with Crippen LogP contribution in [0.2, 0.25) is 0 Å². The Morgan fingerprint density at radius 2 is 2.00 bits per heavy atom. The SMILES string of the molecule is CCCn1c(CN2CCn3cccc3[C@H]2C)nc2cc(S(=O)(=O)N(C)C)ccc21. The maximum absolute atomic E-state index is 12.5. The van der Waals surface area contributed by atoms with E-state index in [1.54, 1.807) is 26.2 Å². The van der Waals surface area contributed by atoms with E-state index in [1.165, 1.54) is 10.00 Å². The van der Waals surface area contributed by atoms with Gasteiger partial charge in [0.05, 0.1) is 22.5 Å². The molecule has 156 valence electrons. The lowest BCUT2D eigenvalue weighted by Crippen LogP contribution is -2.36. The van der Waals surface area contributed by atoms with Crippen molar-refractivity contribution in [1.29, 1.82) is 0 Å². The van der Waals surface area contributed by atoms with Gasteiger partial charge in [0.15, 0.2) is 0 Å². The molecule has 8 heteroatoms. The second kappa shape index (κ2) is 7.59. The van der Waals surface area contributed by atoms with Gasteiger partial charge in [-0.1, -0.05) is 6.92 Å². The Balaban J connectivity index is 1.71. The molecule has 0 spiro atoms. The Morgan fingerprint density at radius 1 is 1.21 bits per heavy atom. The standard InChI is InChI=1S/C21H29N5O2S/c1-5-10-26-20-9-8-17(29(27,28)23(3)4)14-18(20)22-21(26)15-25-13-12-24-11-6-7-19(24)16(25)2/h6-9,11,14,16H,5,10,12-13,15H2,1-4H3/t16-/m1/s1. The van der Waals surface area contributed by atoms with Crippen molar-refractivity contribution >= 4 is 21.1 Å². The monoisotopic (exact) mass is 415 g/mol. The number of rotatable bonds is 6. The highest BCUT2D eigenvalue weighted by atomic mass is 32.2. The van der Waals surface area contributed by atoms with Gasteiger partial charge in [0.1, 0.15) is 5.82 Å². The Labute approximate surface area is 172 Å². The zero-order chi connectivity index (χ0) is 20.8. The number of benzene rings is 1. The summed E-state index contributed by atoms with van der Waals surface area (Å²) in [6.45, 7) is 7.95. The van der Waals surface area contributed by atoms with Gasteiger partial charge in [-0.3, -0.25) is 4.90 Å². The van der Waals surface area contributed by atoms with Crippen LogP contribution < -0.4 is 0 Å². The molecule has 0 amide bonds. The van der Waals surface area contributed by atoms with Crippen molar-refractivity contribution in [2.45, 2.75) is 50.8 Å². The summed E-state index contributed by atoms with van der Waals surface area (Å²) >= 11 is 0. The molecule has 29 heavy (non-hydrogen) atoms. The minimum absolute atomic E-state index is 0.284. The number of hydrogen-bond donors (Lipinski definition) is 0. The minimum atomic E-state index is -3.48. The summed E-state index contributed by atoms with van der Waals surface area (Å²) in [5.74, 6) is 0.994. The van der Waals surface area contributed by atoms with Gasteiger partial charge in [-0.25, -0.2) is 17.7 Å². The predicted octanol–water partition coefficient (Wildman–Crippen LogP) is 3.07. The molecule has 0 unspecified atom stereocenters. The second-order valence-electron chi connectivity index (χ2n) is 7.89. The van der Waals surface area contributed by atoms with Gasteiger partial charge in [-0.15, -0.1) is 0 Å². The largest absolute Gasteiger partial charge is 0.349 e. The number of fused-ring (bicyclic) bond motifs is 2. The molecule has 4 rings (SSSR count). The van der Waals surface area contributed by atoms with E-state index in [0.717, 1.165) is 49.5 Å². The first kappa shape index (κ1) is 20.1. The van der Waals surface area contributed by atoms with Crippen LogP contribution in [0.5, 0.6) is 0 Å². The Bertz CT molecular complexity index is 1130. The van der Waals surface area contributed by atoms with Gasteiger partial charge in [0, 0.05) is 51.7 Å². The highest BCUT2D eigenvalue weighted by Gasteiger charge is 2.26. The van der Waals surface area contributed by atoms with Crippen molar-refractivity contribution in [3.05, 3.63) is 48.0 Å². The lowest BCUT2D eigenvalue weighted by molar-refractivity contribution is 0.155. The van der Waals surface area contributed by atoms with Crippen molar-refractivity contribution in [3.8, 4) is 0 Å². The minimum Gasteiger partial charge on any atom is -0.349 e. The lowest BCUT2D eigenvalue weighted by Gasteiger charge is -2.34. The number of imidazole rings is 1. The molecular weight excluding hydrogens is 386 g/mol. The van der Waals surface area contributed by atoms with Crippen LogP contribution in [0.25, 0.3) is 11.0 Å². The Kier molecular flexibility index (Phi) is 5.27. The fraction of sp³-hybridized carbons (Fsp3) is 0.476. The van der Waals surface area contributed by atoms with E-state index in [-0.39, 0.29) is 4.90 Å². The molecule has 0 saturated heterocycles. The molecule has 1 aromatic carbocycles. The second-order valence-corrected chi connectivity index (χ2v) is 10.0. The van der Waals surface area contributed by atoms with Gasteiger partial charge in [0.2, 0.25) is 10.0 Å². The molecule has 1 aliphatic heterocycles. The van der Waals surface area contributed by atoms with E-state index in [1.807, 2.05) is 6.07 Å². The van der Waals surface area contributed by atoms with Crippen LogP contribution in [0.4, 0.5) is 0 Å². The molecular formula is C21H29N5O2S. The molecule has 7 nitrogen and oxygen atoms in total. The number of aryl methyl sites for hydroxylation is 1. The van der Waals surface area contributed by atoms with Crippen molar-refractivity contribution < 1.29 is 8.42 Å². The lowest BCUT2D eigenvalue weighted by atomic mass is 10.1. The Morgan fingerprint density at radius 3 is 2.72 bits per heavy atom. The molecule has 0 aliphatic carbocycles. The summed E-state index contributed by atoms with van der Waals surface area (Å²) in [7, 11) is -0.377. The maximum atomic E-state index is 12.5. The zero-order valence-electron chi connectivity index (χ0n) is 17.5. The number of hydrogen-bond acceptors (Lipinski definition) is 4. The van der Waals surface area contributed by atoms with Crippen molar-refractivity contribution in [3.63, 3.8) is 0 Å². The summed E-state index contributed by atoms with van der Waals surface area (Å²) in [5.41, 5.74) is 3.06. The van der Waals surface area contributed by atoms with Crippen molar-refractivity contribution in [1.82, 2.24) is 23.3 Å². The third-order valence-electron chi connectivity index (χ3n) is 5.84. The van der Waals surface area contributed by atoms with Gasteiger partial charge in [0.25, 0.3) is 0 Å². The van der Waals surface area contributed by atoms with Crippen LogP contribution in [-0.2, 0) is 29.7 Å². The molecule has 2 aromatic heterocycles. The number of aromatic nitrogens is 3. The van der Waals surface area contributed by atoms with Crippen LogP contribution in [-0.4, -0.2) is 52.4 Å². The third-order valence-corrected chi connectivity index (χ3v) is 7.65. The smallest absolute Gasteiger partial charge is 0.242 e. The van der Waals surface area contributed by atoms with E-state index < -0.39 is 10.0 Å². The average molecular weight is 416 g/mol. The molecule has 3 aromatic rings. The molecule has 1 atom stereocenters. The van der Waals surface area contributed by atoms with Crippen LogP contribution in [0.15, 0.2) is 41.4 Å². The van der Waals surface area contributed by atoms with Gasteiger partial charge in [-0.2, -0.15) is 0 Å².